The first-order valence-electron chi connectivity index (χ1n) is 3.86. The van der Waals surface area contributed by atoms with E-state index in [9.17, 15) is 0 Å². The highest BCUT2D eigenvalue weighted by atomic mass is 79.9. The van der Waals surface area contributed by atoms with Crippen molar-refractivity contribution in [1.82, 2.24) is 4.98 Å². The monoisotopic (exact) mass is 222 g/mol. The Morgan fingerprint density at radius 3 is 2.83 bits per heavy atom. The first-order valence-corrected chi connectivity index (χ1v) is 4.65. The Kier molecular flexibility index (Phi) is 1.86. The Labute approximate surface area is 79.4 Å². The number of aromatic nitrogens is 1. The molecule has 2 rings (SSSR count). The van der Waals surface area contributed by atoms with Crippen molar-refractivity contribution < 1.29 is 0 Å². The van der Waals surface area contributed by atoms with Gasteiger partial charge in [-0.25, -0.2) is 0 Å². The van der Waals surface area contributed by atoms with E-state index in [4.69, 9.17) is 5.26 Å². The second kappa shape index (κ2) is 2.87. The lowest BCUT2D eigenvalue weighted by atomic mass is 10.1. The molecule has 0 amide bonds. The van der Waals surface area contributed by atoms with E-state index in [1.54, 1.807) is 12.4 Å². The van der Waals surface area contributed by atoms with E-state index in [-0.39, 0.29) is 0 Å². The van der Waals surface area contributed by atoms with Crippen molar-refractivity contribution in [3.63, 3.8) is 0 Å². The zero-order valence-electron chi connectivity index (χ0n) is 6.42. The van der Waals surface area contributed by atoms with Crippen LogP contribution in [0, 0.1) is 11.3 Å². The molecule has 0 unspecified atom stereocenters. The molecule has 0 saturated heterocycles. The molecule has 0 aliphatic heterocycles. The van der Waals surface area contributed by atoms with Gasteiger partial charge in [-0.05, 0) is 40.3 Å². The highest BCUT2D eigenvalue weighted by molar-refractivity contribution is 9.10. The van der Waals surface area contributed by atoms with Gasteiger partial charge >= 0.3 is 0 Å². The third-order valence-corrected chi connectivity index (χ3v) is 2.66. The molecule has 1 aliphatic rings. The van der Waals surface area contributed by atoms with Gasteiger partial charge in [0.05, 0.1) is 10.0 Å². The Morgan fingerprint density at radius 1 is 1.50 bits per heavy atom. The summed E-state index contributed by atoms with van der Waals surface area (Å²) in [4.78, 5) is 4.06. The summed E-state index contributed by atoms with van der Waals surface area (Å²) in [5, 5.41) is 8.87. The zero-order valence-corrected chi connectivity index (χ0v) is 8.00. The molecule has 12 heavy (non-hydrogen) atoms. The molecule has 3 heteroatoms. The number of hydrogen-bond acceptors (Lipinski definition) is 2. The number of nitrogens with zero attached hydrogens (tertiary/aromatic N) is 2. The van der Waals surface area contributed by atoms with Gasteiger partial charge in [0.1, 0.15) is 6.07 Å². The van der Waals surface area contributed by atoms with Crippen LogP contribution in [0.2, 0.25) is 0 Å². The molecule has 0 radical (unpaired) electrons. The average molecular weight is 223 g/mol. The first kappa shape index (κ1) is 7.75. The normalized spacial score (nSPS) is 15.7. The molecule has 0 aromatic carbocycles. The standard InChI is InChI=1S/C9H7BrN2/c10-9-5-12-4-8(6-1-2-6)7(9)3-11/h4-6H,1-2H2. The molecule has 1 aliphatic carbocycles. The van der Waals surface area contributed by atoms with Crippen molar-refractivity contribution in [3.05, 3.63) is 28.0 Å². The quantitative estimate of drug-likeness (QED) is 0.733. The van der Waals surface area contributed by atoms with Crippen LogP contribution >= 0.6 is 15.9 Å². The van der Waals surface area contributed by atoms with Gasteiger partial charge < -0.3 is 0 Å². The molecule has 2 nitrogen and oxygen atoms in total. The summed E-state index contributed by atoms with van der Waals surface area (Å²) in [7, 11) is 0. The molecule has 60 valence electrons. The molecule has 1 aromatic rings. The minimum atomic E-state index is 0.588. The maximum Gasteiger partial charge on any atom is 0.101 e. The maximum atomic E-state index is 8.87. The van der Waals surface area contributed by atoms with E-state index in [0.717, 1.165) is 15.6 Å². The van der Waals surface area contributed by atoms with Crippen LogP contribution in [0.15, 0.2) is 16.9 Å². The minimum Gasteiger partial charge on any atom is -0.263 e. The fraction of sp³-hybridized carbons (Fsp3) is 0.333. The molecular weight excluding hydrogens is 216 g/mol. The predicted molar refractivity (Wildman–Crippen MR) is 48.6 cm³/mol. The van der Waals surface area contributed by atoms with Crippen LogP contribution in [-0.2, 0) is 0 Å². The van der Waals surface area contributed by atoms with E-state index in [1.807, 2.05) is 0 Å². The van der Waals surface area contributed by atoms with Crippen molar-refractivity contribution >= 4 is 15.9 Å². The van der Waals surface area contributed by atoms with Crippen molar-refractivity contribution in [3.8, 4) is 6.07 Å². The number of rotatable bonds is 1. The largest absolute Gasteiger partial charge is 0.263 e. The van der Waals surface area contributed by atoms with Crippen LogP contribution in [0.25, 0.3) is 0 Å². The molecule has 1 saturated carbocycles. The van der Waals surface area contributed by atoms with Crippen LogP contribution in [0.5, 0.6) is 0 Å². The lowest BCUT2D eigenvalue weighted by Gasteiger charge is -2.01. The van der Waals surface area contributed by atoms with Crippen molar-refractivity contribution in [2.24, 2.45) is 0 Å². The summed E-state index contributed by atoms with van der Waals surface area (Å²) < 4.78 is 0.814. The minimum absolute atomic E-state index is 0.588. The van der Waals surface area contributed by atoms with Crippen LogP contribution in [0.3, 0.4) is 0 Å². The second-order valence-electron chi connectivity index (χ2n) is 2.97. The Morgan fingerprint density at radius 2 is 2.25 bits per heavy atom. The van der Waals surface area contributed by atoms with Crippen LogP contribution in [0.4, 0.5) is 0 Å². The highest BCUT2D eigenvalue weighted by Gasteiger charge is 2.27. The molecular formula is C9H7BrN2. The summed E-state index contributed by atoms with van der Waals surface area (Å²) in [5.41, 5.74) is 1.86. The second-order valence-corrected chi connectivity index (χ2v) is 3.83. The van der Waals surface area contributed by atoms with Gasteiger partial charge in [0.2, 0.25) is 0 Å². The third-order valence-electron chi connectivity index (χ3n) is 2.06. The van der Waals surface area contributed by atoms with Gasteiger partial charge in [0.15, 0.2) is 0 Å². The number of hydrogen-bond donors (Lipinski definition) is 0. The summed E-state index contributed by atoms with van der Waals surface area (Å²) >= 11 is 3.32. The smallest absolute Gasteiger partial charge is 0.101 e. The van der Waals surface area contributed by atoms with E-state index in [0.29, 0.717) is 5.92 Å². The SMILES string of the molecule is N#Cc1c(Br)cncc1C1CC1. The molecule has 1 fully saturated rings. The van der Waals surface area contributed by atoms with Crippen LogP contribution in [-0.4, -0.2) is 4.98 Å². The lowest BCUT2D eigenvalue weighted by molar-refractivity contribution is 1.07. The van der Waals surface area contributed by atoms with Gasteiger partial charge in [-0.3, -0.25) is 4.98 Å². The predicted octanol–water partition coefficient (Wildman–Crippen LogP) is 2.59. The van der Waals surface area contributed by atoms with E-state index >= 15 is 0 Å². The first-order chi connectivity index (χ1) is 5.83. The summed E-state index contributed by atoms with van der Waals surface area (Å²) in [6.45, 7) is 0. The van der Waals surface area contributed by atoms with Gasteiger partial charge in [-0.2, -0.15) is 5.26 Å². The van der Waals surface area contributed by atoms with Crippen LogP contribution in [0.1, 0.15) is 29.9 Å². The molecule has 0 N–H and O–H groups in total. The zero-order chi connectivity index (χ0) is 8.55. The molecule has 0 spiro atoms. The van der Waals surface area contributed by atoms with Gasteiger partial charge in [0.25, 0.3) is 0 Å². The topological polar surface area (TPSA) is 36.7 Å². The fourth-order valence-corrected chi connectivity index (χ4v) is 1.71. The molecule has 0 atom stereocenters. The van der Waals surface area contributed by atoms with Gasteiger partial charge in [-0.15, -0.1) is 0 Å². The van der Waals surface area contributed by atoms with Gasteiger partial charge in [-0.1, -0.05) is 0 Å². The number of halogens is 1. The average Bonchev–Trinajstić information content (AvgIpc) is 2.86. The van der Waals surface area contributed by atoms with Gasteiger partial charge in [0, 0.05) is 12.4 Å². The molecule has 0 bridgehead atoms. The van der Waals surface area contributed by atoms with Crippen molar-refractivity contribution in [1.29, 1.82) is 5.26 Å². The summed E-state index contributed by atoms with van der Waals surface area (Å²) in [5.74, 6) is 0.588. The molecule has 1 heterocycles. The Hall–Kier alpha value is -0.880. The van der Waals surface area contributed by atoms with Crippen LogP contribution < -0.4 is 0 Å². The third kappa shape index (κ3) is 1.23. The van der Waals surface area contributed by atoms with E-state index in [1.165, 1.54) is 12.8 Å². The maximum absolute atomic E-state index is 8.87. The number of nitriles is 1. The van der Waals surface area contributed by atoms with E-state index < -0.39 is 0 Å². The fourth-order valence-electron chi connectivity index (χ4n) is 1.27. The summed E-state index contributed by atoms with van der Waals surface area (Å²) in [6, 6.07) is 2.20. The van der Waals surface area contributed by atoms with Crippen molar-refractivity contribution in [2.45, 2.75) is 18.8 Å². The van der Waals surface area contributed by atoms with Crippen molar-refractivity contribution in [2.75, 3.05) is 0 Å². The number of pyridine rings is 1. The van der Waals surface area contributed by atoms with E-state index in [2.05, 4.69) is 27.0 Å². The summed E-state index contributed by atoms with van der Waals surface area (Å²) in [6.07, 6.45) is 5.88. The Bertz CT molecular complexity index is 350. The lowest BCUT2D eigenvalue weighted by Crippen LogP contribution is -1.89. The Balaban J connectivity index is 2.53. The molecule has 1 aromatic heterocycles. The highest BCUT2D eigenvalue weighted by Crippen LogP contribution is 2.42.